The predicted octanol–water partition coefficient (Wildman–Crippen LogP) is 1.03. The van der Waals surface area contributed by atoms with Crippen molar-refractivity contribution in [3.8, 4) is 0 Å². The molecule has 0 bridgehead atoms. The van der Waals surface area contributed by atoms with Gasteiger partial charge in [0.15, 0.2) is 6.10 Å². The Morgan fingerprint density at radius 1 is 1.33 bits per heavy atom. The zero-order valence-electron chi connectivity index (χ0n) is 10.9. The second-order valence-corrected chi connectivity index (χ2v) is 3.99. The highest BCUT2D eigenvalue weighted by atomic mass is 16.5. The van der Waals surface area contributed by atoms with E-state index < -0.39 is 12.1 Å². The number of carbonyl (C=O) groups is 2. The fourth-order valence-corrected chi connectivity index (χ4v) is 1.67. The quantitative estimate of drug-likeness (QED) is 0.820. The van der Waals surface area contributed by atoms with Crippen molar-refractivity contribution in [2.45, 2.75) is 26.9 Å². The van der Waals surface area contributed by atoms with Gasteiger partial charge in [-0.2, -0.15) is 0 Å². The Morgan fingerprint density at radius 2 is 1.94 bits per heavy atom. The second-order valence-electron chi connectivity index (χ2n) is 3.99. The topological polar surface area (TPSA) is 88.8 Å². The van der Waals surface area contributed by atoms with E-state index in [4.69, 9.17) is 14.3 Å². The van der Waals surface area contributed by atoms with Crippen LogP contribution in [0, 0.1) is 20.8 Å². The molecule has 0 aliphatic carbocycles. The molecule has 0 radical (unpaired) electrons. The van der Waals surface area contributed by atoms with Crippen LogP contribution in [0.1, 0.15) is 27.4 Å². The van der Waals surface area contributed by atoms with E-state index >= 15 is 0 Å². The van der Waals surface area contributed by atoms with Crippen molar-refractivity contribution in [2.24, 2.45) is 0 Å². The maximum absolute atomic E-state index is 11.9. The number of aliphatic carboxylic acids is 1. The smallest absolute Gasteiger partial charge is 0.334 e. The zero-order chi connectivity index (χ0) is 13.9. The van der Waals surface area contributed by atoms with Crippen LogP contribution in [0.4, 0.5) is 0 Å². The number of carbonyl (C=O) groups excluding carboxylic acids is 1. The molecule has 1 aromatic rings. The van der Waals surface area contributed by atoms with Gasteiger partial charge in [-0.05, 0) is 20.8 Å². The van der Waals surface area contributed by atoms with Crippen LogP contribution < -0.4 is 5.32 Å². The van der Waals surface area contributed by atoms with E-state index in [0.29, 0.717) is 17.1 Å². The molecule has 100 valence electrons. The van der Waals surface area contributed by atoms with Crippen molar-refractivity contribution in [3.05, 3.63) is 22.6 Å². The first-order valence-corrected chi connectivity index (χ1v) is 5.48. The summed E-state index contributed by atoms with van der Waals surface area (Å²) in [6.45, 7) is 5.16. The number of ether oxygens (including phenoxy) is 1. The molecule has 0 saturated carbocycles. The molecular weight excluding hydrogens is 238 g/mol. The molecule has 0 aliphatic rings. The Labute approximate surface area is 105 Å². The van der Waals surface area contributed by atoms with Gasteiger partial charge in [-0.1, -0.05) is 0 Å². The van der Waals surface area contributed by atoms with Gasteiger partial charge in [-0.15, -0.1) is 0 Å². The van der Waals surface area contributed by atoms with Crippen molar-refractivity contribution in [1.29, 1.82) is 0 Å². The maximum atomic E-state index is 11.9. The molecule has 1 atom stereocenters. The molecule has 0 fully saturated rings. The minimum atomic E-state index is -1.12. The number of hydrogen-bond acceptors (Lipinski definition) is 4. The number of methoxy groups -OCH3 is 1. The second kappa shape index (κ2) is 5.68. The third kappa shape index (κ3) is 2.89. The SMILES string of the molecule is COC(CNC(=O)c1c(C)oc(C)c1C)C(=O)O. The summed E-state index contributed by atoms with van der Waals surface area (Å²) >= 11 is 0. The number of carboxylic acids is 1. The zero-order valence-corrected chi connectivity index (χ0v) is 10.9. The third-order valence-electron chi connectivity index (χ3n) is 2.80. The minimum Gasteiger partial charge on any atom is -0.479 e. The van der Waals surface area contributed by atoms with Crippen LogP contribution in [0.2, 0.25) is 0 Å². The Kier molecular flexibility index (Phi) is 4.49. The molecule has 6 nitrogen and oxygen atoms in total. The molecule has 0 spiro atoms. The molecule has 1 rings (SSSR count). The average molecular weight is 255 g/mol. The van der Waals surface area contributed by atoms with Gasteiger partial charge in [0.05, 0.1) is 12.1 Å². The molecule has 1 aromatic heterocycles. The lowest BCUT2D eigenvalue weighted by Gasteiger charge is -2.11. The minimum absolute atomic E-state index is 0.0895. The van der Waals surface area contributed by atoms with E-state index in [1.807, 2.05) is 0 Å². The van der Waals surface area contributed by atoms with Gasteiger partial charge in [-0.3, -0.25) is 4.79 Å². The molecule has 0 saturated heterocycles. The first kappa shape index (κ1) is 14.2. The average Bonchev–Trinajstić information content (AvgIpc) is 2.53. The number of aryl methyl sites for hydroxylation is 2. The van der Waals surface area contributed by atoms with E-state index in [1.165, 1.54) is 7.11 Å². The van der Waals surface area contributed by atoms with Crippen molar-refractivity contribution in [2.75, 3.05) is 13.7 Å². The Balaban J connectivity index is 2.74. The lowest BCUT2D eigenvalue weighted by atomic mass is 10.1. The molecule has 6 heteroatoms. The van der Waals surface area contributed by atoms with Gasteiger partial charge >= 0.3 is 5.97 Å². The highest BCUT2D eigenvalue weighted by molar-refractivity contribution is 5.97. The Bertz CT molecular complexity index is 463. The number of hydrogen-bond donors (Lipinski definition) is 2. The van der Waals surface area contributed by atoms with Crippen LogP contribution in [-0.4, -0.2) is 36.7 Å². The fourth-order valence-electron chi connectivity index (χ4n) is 1.67. The molecule has 18 heavy (non-hydrogen) atoms. The predicted molar refractivity (Wildman–Crippen MR) is 63.7 cm³/mol. The van der Waals surface area contributed by atoms with E-state index in [1.54, 1.807) is 20.8 Å². The lowest BCUT2D eigenvalue weighted by Crippen LogP contribution is -2.38. The largest absolute Gasteiger partial charge is 0.479 e. The molecule has 1 unspecified atom stereocenters. The summed E-state index contributed by atoms with van der Waals surface area (Å²) in [7, 11) is 1.28. The van der Waals surface area contributed by atoms with Crippen LogP contribution in [0.15, 0.2) is 4.42 Å². The monoisotopic (exact) mass is 255 g/mol. The molecule has 1 amide bonds. The first-order valence-electron chi connectivity index (χ1n) is 5.48. The molecule has 1 heterocycles. The number of nitrogens with one attached hydrogen (secondary N) is 1. The van der Waals surface area contributed by atoms with Gasteiger partial charge in [-0.25, -0.2) is 4.79 Å². The summed E-state index contributed by atoms with van der Waals surface area (Å²) in [6.07, 6.45) is -1.05. The van der Waals surface area contributed by atoms with E-state index in [0.717, 1.165) is 5.56 Å². The lowest BCUT2D eigenvalue weighted by molar-refractivity contribution is -0.148. The molecular formula is C12H17NO5. The van der Waals surface area contributed by atoms with Crippen molar-refractivity contribution >= 4 is 11.9 Å². The van der Waals surface area contributed by atoms with E-state index in [-0.39, 0.29) is 12.5 Å². The van der Waals surface area contributed by atoms with Gasteiger partial charge in [0.2, 0.25) is 0 Å². The molecule has 2 N–H and O–H groups in total. The van der Waals surface area contributed by atoms with Crippen LogP contribution in [0.5, 0.6) is 0 Å². The van der Waals surface area contributed by atoms with Crippen molar-refractivity contribution in [3.63, 3.8) is 0 Å². The summed E-state index contributed by atoms with van der Waals surface area (Å²) in [5, 5.41) is 11.3. The van der Waals surface area contributed by atoms with Gasteiger partial charge < -0.3 is 19.6 Å². The maximum Gasteiger partial charge on any atom is 0.334 e. The summed E-state index contributed by atoms with van der Waals surface area (Å²) < 4.78 is 10.1. The van der Waals surface area contributed by atoms with Crippen LogP contribution in [0.25, 0.3) is 0 Å². The fraction of sp³-hybridized carbons (Fsp3) is 0.500. The Hall–Kier alpha value is -1.82. The highest BCUT2D eigenvalue weighted by Gasteiger charge is 2.21. The number of furan rings is 1. The van der Waals surface area contributed by atoms with Crippen molar-refractivity contribution in [1.82, 2.24) is 5.32 Å². The molecule has 0 aliphatic heterocycles. The third-order valence-corrected chi connectivity index (χ3v) is 2.80. The first-order chi connectivity index (χ1) is 8.38. The normalized spacial score (nSPS) is 12.2. The van der Waals surface area contributed by atoms with Crippen LogP contribution >= 0.6 is 0 Å². The summed E-state index contributed by atoms with van der Waals surface area (Å²) in [6, 6.07) is 0. The van der Waals surface area contributed by atoms with Crippen LogP contribution in [0.3, 0.4) is 0 Å². The van der Waals surface area contributed by atoms with Crippen molar-refractivity contribution < 1.29 is 23.8 Å². The molecule has 0 aromatic carbocycles. The number of rotatable bonds is 5. The highest BCUT2D eigenvalue weighted by Crippen LogP contribution is 2.20. The van der Waals surface area contributed by atoms with Crippen LogP contribution in [-0.2, 0) is 9.53 Å². The summed E-state index contributed by atoms with van der Waals surface area (Å²) in [5.41, 5.74) is 1.21. The number of carboxylic acid groups (broad SMARTS) is 1. The van der Waals surface area contributed by atoms with Gasteiger partial charge in [0.1, 0.15) is 11.5 Å². The number of amides is 1. The summed E-state index contributed by atoms with van der Waals surface area (Å²) in [5.74, 6) is -0.272. The van der Waals surface area contributed by atoms with E-state index in [9.17, 15) is 9.59 Å². The standard InChI is InChI=1S/C12H17NO5/c1-6-7(2)18-8(3)10(6)11(14)13-5-9(17-4)12(15)16/h9H,5H2,1-4H3,(H,13,14)(H,15,16). The van der Waals surface area contributed by atoms with Gasteiger partial charge in [0, 0.05) is 12.7 Å². The summed E-state index contributed by atoms with van der Waals surface area (Å²) in [4.78, 5) is 22.6. The van der Waals surface area contributed by atoms with E-state index in [2.05, 4.69) is 5.32 Å². The Morgan fingerprint density at radius 3 is 2.33 bits per heavy atom. The van der Waals surface area contributed by atoms with Gasteiger partial charge in [0.25, 0.3) is 5.91 Å².